The lowest BCUT2D eigenvalue weighted by Crippen LogP contribution is -2.31. The Morgan fingerprint density at radius 2 is 1.69 bits per heavy atom. The van der Waals surface area contributed by atoms with Gasteiger partial charge in [0.25, 0.3) is 5.69 Å². The van der Waals surface area contributed by atoms with Crippen molar-refractivity contribution in [3.63, 3.8) is 0 Å². The Balaban J connectivity index is 1.94. The smallest absolute Gasteiger partial charge is 0.271 e. The molecule has 0 saturated carbocycles. The highest BCUT2D eigenvalue weighted by Gasteiger charge is 2.15. The van der Waals surface area contributed by atoms with Gasteiger partial charge in [0, 0.05) is 18.7 Å². The van der Waals surface area contributed by atoms with Crippen LogP contribution in [0.5, 0.6) is 17.2 Å². The van der Waals surface area contributed by atoms with Gasteiger partial charge in [-0.2, -0.15) is 0 Å². The first-order valence-electron chi connectivity index (χ1n) is 8.89. The van der Waals surface area contributed by atoms with Crippen LogP contribution in [-0.2, 0) is 11.2 Å². The van der Waals surface area contributed by atoms with E-state index in [0.717, 1.165) is 5.56 Å². The lowest BCUT2D eigenvalue weighted by molar-refractivity contribution is -0.384. The molecule has 9 nitrogen and oxygen atoms in total. The van der Waals surface area contributed by atoms with E-state index in [9.17, 15) is 14.9 Å². The Morgan fingerprint density at radius 3 is 2.31 bits per heavy atom. The summed E-state index contributed by atoms with van der Waals surface area (Å²) in [5, 5.41) is 13.6. The third-order valence-corrected chi connectivity index (χ3v) is 4.31. The number of benzene rings is 2. The molecule has 0 heterocycles. The first kappa shape index (κ1) is 22.0. The van der Waals surface area contributed by atoms with Gasteiger partial charge in [-0.25, -0.2) is 0 Å². The number of hydrogen-bond donors (Lipinski definition) is 1. The molecule has 2 aromatic rings. The number of carbonyl (C=O) groups is 1. The second-order valence-electron chi connectivity index (χ2n) is 6.37. The summed E-state index contributed by atoms with van der Waals surface area (Å²) in [6, 6.07) is 9.75. The van der Waals surface area contributed by atoms with Crippen molar-refractivity contribution < 1.29 is 23.9 Å². The van der Waals surface area contributed by atoms with E-state index < -0.39 is 4.92 Å². The standard InChI is InChI=1S/C20H25N3O6/c1-22(10-9-14-5-7-18(28-3)19(11-14)29-4)13-20(24)21-16-12-15(23(25)26)6-8-17(16)27-2/h5-8,11-12H,9-10,13H2,1-4H3,(H,21,24). The molecule has 2 rings (SSSR count). The Hall–Kier alpha value is -3.33. The monoisotopic (exact) mass is 403 g/mol. The summed E-state index contributed by atoms with van der Waals surface area (Å²) in [4.78, 5) is 24.6. The van der Waals surface area contributed by atoms with Crippen molar-refractivity contribution in [2.45, 2.75) is 6.42 Å². The van der Waals surface area contributed by atoms with Gasteiger partial charge in [0.1, 0.15) is 5.75 Å². The Bertz CT molecular complexity index is 871. The molecule has 0 fully saturated rings. The average Bonchev–Trinajstić information content (AvgIpc) is 2.71. The normalized spacial score (nSPS) is 10.5. The number of anilines is 1. The van der Waals surface area contributed by atoms with Crippen molar-refractivity contribution in [3.8, 4) is 17.2 Å². The first-order valence-corrected chi connectivity index (χ1v) is 8.89. The number of likely N-dealkylation sites (N-methyl/N-ethyl adjacent to an activating group) is 1. The molecule has 156 valence electrons. The average molecular weight is 403 g/mol. The number of methoxy groups -OCH3 is 3. The summed E-state index contributed by atoms with van der Waals surface area (Å²) in [5.41, 5.74) is 1.19. The molecule has 0 saturated heterocycles. The molecular weight excluding hydrogens is 378 g/mol. The van der Waals surface area contributed by atoms with E-state index in [1.165, 1.54) is 25.3 Å². The van der Waals surface area contributed by atoms with E-state index in [1.54, 1.807) is 14.2 Å². The largest absolute Gasteiger partial charge is 0.495 e. The maximum Gasteiger partial charge on any atom is 0.271 e. The quantitative estimate of drug-likeness (QED) is 0.480. The first-order chi connectivity index (χ1) is 13.9. The molecule has 0 atom stereocenters. The maximum atomic E-state index is 12.4. The second-order valence-corrected chi connectivity index (χ2v) is 6.37. The van der Waals surface area contributed by atoms with E-state index in [-0.39, 0.29) is 23.8 Å². The fraction of sp³-hybridized carbons (Fsp3) is 0.350. The minimum atomic E-state index is -0.523. The summed E-state index contributed by atoms with van der Waals surface area (Å²) in [5.74, 6) is 1.38. The zero-order chi connectivity index (χ0) is 21.4. The van der Waals surface area contributed by atoms with Crippen LogP contribution in [0.2, 0.25) is 0 Å². The summed E-state index contributed by atoms with van der Waals surface area (Å²) in [6.07, 6.45) is 0.713. The number of nitro groups is 1. The van der Waals surface area contributed by atoms with Crippen LogP contribution in [0.25, 0.3) is 0 Å². The molecule has 1 amide bonds. The topological polar surface area (TPSA) is 103 Å². The van der Waals surface area contributed by atoms with Crippen LogP contribution in [-0.4, -0.2) is 57.2 Å². The number of amides is 1. The van der Waals surface area contributed by atoms with E-state index in [4.69, 9.17) is 14.2 Å². The van der Waals surface area contributed by atoms with E-state index in [2.05, 4.69) is 5.32 Å². The van der Waals surface area contributed by atoms with Gasteiger partial charge in [-0.05, 0) is 37.2 Å². The predicted molar refractivity (Wildman–Crippen MR) is 109 cm³/mol. The van der Waals surface area contributed by atoms with Crippen molar-refractivity contribution in [1.29, 1.82) is 0 Å². The summed E-state index contributed by atoms with van der Waals surface area (Å²) >= 11 is 0. The lowest BCUT2D eigenvalue weighted by atomic mass is 10.1. The molecule has 0 aliphatic rings. The molecule has 1 N–H and O–H groups in total. The molecule has 0 radical (unpaired) electrons. The van der Waals surface area contributed by atoms with Gasteiger partial charge in [-0.1, -0.05) is 6.07 Å². The van der Waals surface area contributed by atoms with Gasteiger partial charge in [-0.15, -0.1) is 0 Å². The molecule has 0 spiro atoms. The van der Waals surface area contributed by atoms with Crippen molar-refractivity contribution >= 4 is 17.3 Å². The lowest BCUT2D eigenvalue weighted by Gasteiger charge is -2.17. The number of rotatable bonds is 10. The number of nitro benzene ring substituents is 1. The van der Waals surface area contributed by atoms with Gasteiger partial charge < -0.3 is 19.5 Å². The van der Waals surface area contributed by atoms with Crippen molar-refractivity contribution in [2.24, 2.45) is 0 Å². The van der Waals surface area contributed by atoms with Crippen molar-refractivity contribution in [3.05, 3.63) is 52.1 Å². The van der Waals surface area contributed by atoms with Crippen LogP contribution in [0.3, 0.4) is 0 Å². The van der Waals surface area contributed by atoms with Crippen LogP contribution in [0.4, 0.5) is 11.4 Å². The Labute approximate surface area is 169 Å². The number of non-ortho nitro benzene ring substituents is 1. The number of carbonyl (C=O) groups excluding carboxylic acids is 1. The van der Waals surface area contributed by atoms with Crippen molar-refractivity contribution in [2.75, 3.05) is 46.8 Å². The van der Waals surface area contributed by atoms with Gasteiger partial charge in [0.15, 0.2) is 11.5 Å². The van der Waals surface area contributed by atoms with Gasteiger partial charge >= 0.3 is 0 Å². The van der Waals surface area contributed by atoms with Crippen LogP contribution in [0.15, 0.2) is 36.4 Å². The molecule has 0 unspecified atom stereocenters. The second kappa shape index (κ2) is 10.3. The Morgan fingerprint density at radius 1 is 1.03 bits per heavy atom. The van der Waals surface area contributed by atoms with Crippen LogP contribution >= 0.6 is 0 Å². The summed E-state index contributed by atoms with van der Waals surface area (Å²) < 4.78 is 15.7. The molecule has 29 heavy (non-hydrogen) atoms. The van der Waals surface area contributed by atoms with E-state index in [1.807, 2.05) is 30.1 Å². The fourth-order valence-corrected chi connectivity index (χ4v) is 2.78. The number of nitrogens with one attached hydrogen (secondary N) is 1. The SMILES string of the molecule is COc1ccc([N+](=O)[O-])cc1NC(=O)CN(C)CCc1ccc(OC)c(OC)c1. The molecule has 0 aliphatic carbocycles. The highest BCUT2D eigenvalue weighted by atomic mass is 16.6. The molecule has 0 bridgehead atoms. The third kappa shape index (κ3) is 6.08. The number of hydrogen-bond acceptors (Lipinski definition) is 7. The predicted octanol–water partition coefficient (Wildman–Crippen LogP) is 2.73. The van der Waals surface area contributed by atoms with Crippen LogP contribution in [0, 0.1) is 10.1 Å². The highest BCUT2D eigenvalue weighted by Crippen LogP contribution is 2.29. The minimum absolute atomic E-state index is 0.122. The highest BCUT2D eigenvalue weighted by molar-refractivity contribution is 5.94. The fourth-order valence-electron chi connectivity index (χ4n) is 2.78. The molecule has 9 heteroatoms. The summed E-state index contributed by atoms with van der Waals surface area (Å²) in [7, 11) is 6.43. The minimum Gasteiger partial charge on any atom is -0.495 e. The zero-order valence-electron chi connectivity index (χ0n) is 16.9. The number of ether oxygens (including phenoxy) is 3. The molecule has 0 aromatic heterocycles. The van der Waals surface area contributed by atoms with Crippen LogP contribution in [0.1, 0.15) is 5.56 Å². The molecule has 2 aromatic carbocycles. The molecule has 0 aliphatic heterocycles. The van der Waals surface area contributed by atoms with Crippen molar-refractivity contribution in [1.82, 2.24) is 4.90 Å². The Kier molecular flexibility index (Phi) is 7.79. The third-order valence-electron chi connectivity index (χ3n) is 4.31. The van der Waals surface area contributed by atoms with E-state index >= 15 is 0 Å². The molecular formula is C20H25N3O6. The van der Waals surface area contributed by atoms with Crippen LogP contribution < -0.4 is 19.5 Å². The van der Waals surface area contributed by atoms with E-state index in [0.29, 0.717) is 30.2 Å². The van der Waals surface area contributed by atoms with Gasteiger partial charge in [0.2, 0.25) is 5.91 Å². The zero-order valence-corrected chi connectivity index (χ0v) is 16.9. The van der Waals surface area contributed by atoms with Gasteiger partial charge in [-0.3, -0.25) is 19.8 Å². The van der Waals surface area contributed by atoms with Gasteiger partial charge in [0.05, 0.1) is 38.5 Å². The maximum absolute atomic E-state index is 12.4. The number of nitrogens with zero attached hydrogens (tertiary/aromatic N) is 2. The summed E-state index contributed by atoms with van der Waals surface area (Å²) in [6.45, 7) is 0.758.